The minimum absolute atomic E-state index is 0.306. The molecule has 0 aliphatic heterocycles. The molecule has 0 aromatic rings. The highest BCUT2D eigenvalue weighted by atomic mass is 16.6. The number of carbonyl (C=O) groups is 1. The molecule has 94 valence electrons. The Bertz CT molecular complexity index is 244. The maximum atomic E-state index is 11.4. The Balaban J connectivity index is 4.24. The zero-order chi connectivity index (χ0) is 12.8. The van der Waals surface area contributed by atoms with Crippen LogP contribution in [0.4, 0.5) is 4.79 Å². The van der Waals surface area contributed by atoms with Gasteiger partial charge in [-0.25, -0.2) is 4.79 Å². The molecule has 1 atom stereocenters. The van der Waals surface area contributed by atoms with Crippen LogP contribution in [0.15, 0.2) is 5.16 Å². The van der Waals surface area contributed by atoms with Gasteiger partial charge in [-0.15, -0.1) is 0 Å². The molecular weight excluding hydrogens is 208 g/mol. The highest BCUT2D eigenvalue weighted by Gasteiger charge is 2.19. The monoisotopic (exact) mass is 230 g/mol. The van der Waals surface area contributed by atoms with E-state index in [-0.39, 0.29) is 6.04 Å². The van der Waals surface area contributed by atoms with Crippen LogP contribution < -0.4 is 5.32 Å². The van der Waals surface area contributed by atoms with E-state index in [9.17, 15) is 4.79 Å². The Morgan fingerprint density at radius 3 is 2.44 bits per heavy atom. The Kier molecular flexibility index (Phi) is 5.85. The summed E-state index contributed by atoms with van der Waals surface area (Å²) in [5.41, 5.74) is -0.525. The molecule has 0 heterocycles. The van der Waals surface area contributed by atoms with E-state index in [1.165, 1.54) is 6.21 Å². The molecule has 0 bridgehead atoms. The summed E-state index contributed by atoms with van der Waals surface area (Å²) >= 11 is 0. The van der Waals surface area contributed by atoms with Gasteiger partial charge in [-0.05, 0) is 33.1 Å². The van der Waals surface area contributed by atoms with Gasteiger partial charge in [0.25, 0.3) is 0 Å². The van der Waals surface area contributed by atoms with Gasteiger partial charge in [0.15, 0.2) is 0 Å². The highest BCUT2D eigenvalue weighted by Crippen LogP contribution is 2.08. The zero-order valence-electron chi connectivity index (χ0n) is 10.7. The molecule has 5 heteroatoms. The van der Waals surface area contributed by atoms with Crippen molar-refractivity contribution in [3.05, 3.63) is 0 Å². The summed E-state index contributed by atoms with van der Waals surface area (Å²) < 4.78 is 5.10. The molecule has 0 fully saturated rings. The van der Waals surface area contributed by atoms with Crippen LogP contribution in [-0.2, 0) is 4.74 Å². The number of alkyl carbamates (subject to hydrolysis) is 1. The third-order valence-corrected chi connectivity index (χ3v) is 1.67. The van der Waals surface area contributed by atoms with Crippen molar-refractivity contribution >= 4 is 12.3 Å². The average molecular weight is 230 g/mol. The van der Waals surface area contributed by atoms with Gasteiger partial charge in [-0.2, -0.15) is 0 Å². The van der Waals surface area contributed by atoms with Crippen LogP contribution in [0.2, 0.25) is 0 Å². The fraction of sp³-hybridized carbons (Fsp3) is 0.818. The van der Waals surface area contributed by atoms with E-state index in [4.69, 9.17) is 9.94 Å². The van der Waals surface area contributed by atoms with Gasteiger partial charge < -0.3 is 15.3 Å². The summed E-state index contributed by atoms with van der Waals surface area (Å²) in [6, 6.07) is -0.306. The lowest BCUT2D eigenvalue weighted by Crippen LogP contribution is -2.40. The van der Waals surface area contributed by atoms with Crippen LogP contribution in [0.5, 0.6) is 0 Å². The minimum atomic E-state index is -0.525. The van der Waals surface area contributed by atoms with E-state index < -0.39 is 11.7 Å². The Labute approximate surface area is 96.9 Å². The third kappa shape index (κ3) is 8.08. The fourth-order valence-electron chi connectivity index (χ4n) is 1.20. The first-order valence-electron chi connectivity index (χ1n) is 5.41. The van der Waals surface area contributed by atoms with E-state index >= 15 is 0 Å². The molecule has 0 aromatic heterocycles. The lowest BCUT2D eigenvalue weighted by molar-refractivity contribution is 0.0515. The van der Waals surface area contributed by atoms with Crippen LogP contribution in [0.3, 0.4) is 0 Å². The first-order chi connectivity index (χ1) is 7.24. The van der Waals surface area contributed by atoms with E-state index in [2.05, 4.69) is 10.5 Å². The second-order valence-electron chi connectivity index (χ2n) is 5.15. The normalized spacial score (nSPS) is 14.1. The number of ether oxygens (including phenoxy) is 1. The van der Waals surface area contributed by atoms with E-state index in [1.54, 1.807) is 20.8 Å². The fourth-order valence-corrected chi connectivity index (χ4v) is 1.20. The Morgan fingerprint density at radius 2 is 2.06 bits per heavy atom. The molecule has 0 aliphatic rings. The molecule has 0 rings (SSSR count). The van der Waals surface area contributed by atoms with Crippen molar-refractivity contribution in [1.29, 1.82) is 0 Å². The molecule has 0 unspecified atom stereocenters. The highest BCUT2D eigenvalue weighted by molar-refractivity contribution is 5.75. The molecule has 0 radical (unpaired) electrons. The largest absolute Gasteiger partial charge is 0.444 e. The number of carbonyl (C=O) groups excluding carboxylic acids is 1. The quantitative estimate of drug-likeness (QED) is 0.442. The number of rotatable bonds is 4. The van der Waals surface area contributed by atoms with Gasteiger partial charge in [0, 0.05) is 0 Å². The maximum Gasteiger partial charge on any atom is 0.408 e. The summed E-state index contributed by atoms with van der Waals surface area (Å²) in [7, 11) is 0. The van der Waals surface area contributed by atoms with E-state index in [0.29, 0.717) is 12.3 Å². The smallest absolute Gasteiger partial charge is 0.408 e. The standard InChI is InChI=1S/C11H22N2O3/c1-8(2)6-9(7-12-15)13-10(14)16-11(3,4)5/h7-9,15H,6H2,1-5H3,(H,13,14)/t9-/m0/s1. The van der Waals surface area contributed by atoms with Gasteiger partial charge in [-0.1, -0.05) is 19.0 Å². The van der Waals surface area contributed by atoms with Crippen LogP contribution in [0.25, 0.3) is 0 Å². The van der Waals surface area contributed by atoms with Crippen molar-refractivity contribution in [3.8, 4) is 0 Å². The minimum Gasteiger partial charge on any atom is -0.444 e. The number of hydrogen-bond acceptors (Lipinski definition) is 4. The predicted molar refractivity (Wildman–Crippen MR) is 62.9 cm³/mol. The van der Waals surface area contributed by atoms with Crippen LogP contribution in [-0.4, -0.2) is 29.2 Å². The van der Waals surface area contributed by atoms with Crippen molar-refractivity contribution in [2.24, 2.45) is 11.1 Å². The second kappa shape index (κ2) is 6.35. The van der Waals surface area contributed by atoms with Crippen molar-refractivity contribution in [1.82, 2.24) is 5.32 Å². The average Bonchev–Trinajstić information content (AvgIpc) is 1.98. The summed E-state index contributed by atoms with van der Waals surface area (Å²) in [5.74, 6) is 0.387. The van der Waals surface area contributed by atoms with Gasteiger partial charge in [0.05, 0.1) is 12.3 Å². The number of oxime groups is 1. The van der Waals surface area contributed by atoms with Crippen molar-refractivity contribution in [3.63, 3.8) is 0 Å². The lowest BCUT2D eigenvalue weighted by atomic mass is 10.1. The predicted octanol–water partition coefficient (Wildman–Crippen LogP) is 2.39. The lowest BCUT2D eigenvalue weighted by Gasteiger charge is -2.22. The number of nitrogens with one attached hydrogen (secondary N) is 1. The first kappa shape index (κ1) is 14.7. The van der Waals surface area contributed by atoms with Gasteiger partial charge in [0.2, 0.25) is 0 Å². The third-order valence-electron chi connectivity index (χ3n) is 1.67. The maximum absolute atomic E-state index is 11.4. The van der Waals surface area contributed by atoms with Gasteiger partial charge >= 0.3 is 6.09 Å². The molecule has 0 saturated heterocycles. The SMILES string of the molecule is CC(C)C[C@@H](C=NO)NC(=O)OC(C)(C)C. The number of nitrogens with zero attached hydrogens (tertiary/aromatic N) is 1. The molecule has 5 nitrogen and oxygen atoms in total. The van der Waals surface area contributed by atoms with E-state index in [0.717, 1.165) is 0 Å². The van der Waals surface area contributed by atoms with Crippen molar-refractivity contribution in [2.45, 2.75) is 52.7 Å². The summed E-state index contributed by atoms with van der Waals surface area (Å²) in [4.78, 5) is 11.4. The van der Waals surface area contributed by atoms with Gasteiger partial charge in [0.1, 0.15) is 5.60 Å². The summed E-state index contributed by atoms with van der Waals surface area (Å²) in [5, 5.41) is 14.1. The molecule has 0 aromatic carbocycles. The zero-order valence-corrected chi connectivity index (χ0v) is 10.7. The molecular formula is C11H22N2O3. The molecule has 16 heavy (non-hydrogen) atoms. The Hall–Kier alpha value is -1.26. The van der Waals surface area contributed by atoms with E-state index in [1.807, 2.05) is 13.8 Å². The summed E-state index contributed by atoms with van der Waals surface area (Å²) in [6.45, 7) is 9.43. The number of hydrogen-bond donors (Lipinski definition) is 2. The van der Waals surface area contributed by atoms with Crippen LogP contribution >= 0.6 is 0 Å². The van der Waals surface area contributed by atoms with Crippen LogP contribution in [0, 0.1) is 5.92 Å². The molecule has 2 N–H and O–H groups in total. The summed E-state index contributed by atoms with van der Waals surface area (Å²) in [6.07, 6.45) is 1.49. The second-order valence-corrected chi connectivity index (χ2v) is 5.15. The molecule has 0 spiro atoms. The van der Waals surface area contributed by atoms with Gasteiger partial charge in [-0.3, -0.25) is 0 Å². The number of amides is 1. The molecule has 0 saturated carbocycles. The van der Waals surface area contributed by atoms with Crippen molar-refractivity contribution < 1.29 is 14.7 Å². The Morgan fingerprint density at radius 1 is 1.50 bits per heavy atom. The van der Waals surface area contributed by atoms with Crippen LogP contribution in [0.1, 0.15) is 41.0 Å². The van der Waals surface area contributed by atoms with Crippen molar-refractivity contribution in [2.75, 3.05) is 0 Å². The molecule has 0 aliphatic carbocycles. The molecule has 1 amide bonds. The topological polar surface area (TPSA) is 70.9 Å². The first-order valence-corrected chi connectivity index (χ1v) is 5.41.